The molecule has 8 heteroatoms. The van der Waals surface area contributed by atoms with Crippen LogP contribution in [0.15, 0.2) is 17.5 Å². The first-order valence-corrected chi connectivity index (χ1v) is 9.42. The highest BCUT2D eigenvalue weighted by atomic mass is 32.1. The lowest BCUT2D eigenvalue weighted by atomic mass is 10.2. The van der Waals surface area contributed by atoms with Gasteiger partial charge in [-0.2, -0.15) is 5.10 Å². The van der Waals surface area contributed by atoms with E-state index in [1.54, 1.807) is 23.1 Å². The van der Waals surface area contributed by atoms with Crippen molar-refractivity contribution < 1.29 is 9.53 Å². The molecule has 1 aliphatic heterocycles. The predicted molar refractivity (Wildman–Crippen MR) is 99.5 cm³/mol. The lowest BCUT2D eigenvalue weighted by Crippen LogP contribution is -2.51. The van der Waals surface area contributed by atoms with Gasteiger partial charge < -0.3 is 19.9 Å². The van der Waals surface area contributed by atoms with Crippen molar-refractivity contribution in [2.75, 3.05) is 38.2 Å². The molecule has 2 aromatic heterocycles. The molecule has 0 radical (unpaired) electrons. The Morgan fingerprint density at radius 3 is 2.72 bits per heavy atom. The van der Waals surface area contributed by atoms with E-state index in [0.717, 1.165) is 43.9 Å². The zero-order valence-corrected chi connectivity index (χ0v) is 15.8. The number of carbonyl (C=O) groups is 1. The molecular weight excluding hydrogens is 338 g/mol. The van der Waals surface area contributed by atoms with Gasteiger partial charge in [-0.15, -0.1) is 11.3 Å². The molecule has 1 aliphatic rings. The van der Waals surface area contributed by atoms with Gasteiger partial charge in [-0.1, -0.05) is 6.92 Å². The lowest BCUT2D eigenvalue weighted by molar-refractivity contribution is 0.194. The average molecular weight is 363 g/mol. The Labute approximate surface area is 152 Å². The van der Waals surface area contributed by atoms with E-state index in [4.69, 9.17) is 4.74 Å². The van der Waals surface area contributed by atoms with Crippen LogP contribution in [-0.2, 0) is 20.0 Å². The zero-order chi connectivity index (χ0) is 17.8. The molecule has 0 aliphatic carbocycles. The van der Waals surface area contributed by atoms with Gasteiger partial charge in [0.15, 0.2) is 0 Å². The van der Waals surface area contributed by atoms with E-state index >= 15 is 0 Å². The van der Waals surface area contributed by atoms with Crippen LogP contribution in [0.25, 0.3) is 0 Å². The largest absolute Gasteiger partial charge is 0.481 e. The Balaban J connectivity index is 1.55. The third kappa shape index (κ3) is 3.73. The van der Waals surface area contributed by atoms with E-state index in [9.17, 15) is 4.79 Å². The fraction of sp³-hybridized carbons (Fsp3) is 0.529. The maximum absolute atomic E-state index is 12.5. The van der Waals surface area contributed by atoms with Gasteiger partial charge in [-0.3, -0.25) is 0 Å². The lowest BCUT2D eigenvalue weighted by Gasteiger charge is -2.35. The number of hydrogen-bond donors (Lipinski definition) is 1. The monoisotopic (exact) mass is 363 g/mol. The molecule has 7 nitrogen and oxygen atoms in total. The van der Waals surface area contributed by atoms with Crippen LogP contribution in [-0.4, -0.2) is 54.0 Å². The summed E-state index contributed by atoms with van der Waals surface area (Å²) < 4.78 is 7.14. The minimum atomic E-state index is -0.0289. The highest BCUT2D eigenvalue weighted by Gasteiger charge is 2.23. The third-order valence-electron chi connectivity index (χ3n) is 4.50. The molecule has 0 bridgehead atoms. The molecule has 0 unspecified atom stereocenters. The number of ether oxygens (including phenoxy) is 1. The van der Waals surface area contributed by atoms with E-state index in [2.05, 4.69) is 39.8 Å². The van der Waals surface area contributed by atoms with E-state index in [1.165, 1.54) is 5.00 Å². The number of hydrogen-bond acceptors (Lipinski definition) is 5. The van der Waals surface area contributed by atoms with Gasteiger partial charge in [0, 0.05) is 33.2 Å². The number of rotatable bonds is 5. The van der Waals surface area contributed by atoms with Gasteiger partial charge in [-0.25, -0.2) is 9.48 Å². The van der Waals surface area contributed by atoms with Crippen molar-refractivity contribution in [2.45, 2.75) is 19.9 Å². The Hall–Kier alpha value is -2.22. The number of amides is 2. The molecule has 3 heterocycles. The van der Waals surface area contributed by atoms with Crippen molar-refractivity contribution in [1.29, 1.82) is 0 Å². The van der Waals surface area contributed by atoms with E-state index < -0.39 is 0 Å². The van der Waals surface area contributed by atoms with Gasteiger partial charge in [-0.05, 0) is 23.9 Å². The number of urea groups is 1. The van der Waals surface area contributed by atoms with Gasteiger partial charge in [0.1, 0.15) is 0 Å². The maximum atomic E-state index is 12.5. The van der Waals surface area contributed by atoms with Gasteiger partial charge in [0.2, 0.25) is 5.88 Å². The van der Waals surface area contributed by atoms with Gasteiger partial charge in [0.25, 0.3) is 0 Å². The fourth-order valence-corrected chi connectivity index (χ4v) is 3.96. The number of thiophene rings is 1. The molecule has 0 spiro atoms. The van der Waals surface area contributed by atoms with Crippen LogP contribution in [0.1, 0.15) is 18.2 Å². The predicted octanol–water partition coefficient (Wildman–Crippen LogP) is 2.08. The topological polar surface area (TPSA) is 62.6 Å². The second kappa shape index (κ2) is 7.77. The molecule has 3 rings (SSSR count). The number of anilines is 1. The van der Waals surface area contributed by atoms with Crippen LogP contribution < -0.4 is 15.0 Å². The number of aryl methyl sites for hydroxylation is 2. The summed E-state index contributed by atoms with van der Waals surface area (Å²) in [4.78, 5) is 16.7. The first kappa shape index (κ1) is 17.6. The number of nitrogens with one attached hydrogen (secondary N) is 1. The smallest absolute Gasteiger partial charge is 0.317 e. The van der Waals surface area contributed by atoms with Crippen molar-refractivity contribution >= 4 is 22.4 Å². The van der Waals surface area contributed by atoms with Crippen LogP contribution in [0.4, 0.5) is 9.80 Å². The van der Waals surface area contributed by atoms with Crippen LogP contribution in [0, 0.1) is 0 Å². The first-order chi connectivity index (χ1) is 12.1. The highest BCUT2D eigenvalue weighted by Crippen LogP contribution is 2.23. The summed E-state index contributed by atoms with van der Waals surface area (Å²) in [5, 5.41) is 10.8. The first-order valence-electron chi connectivity index (χ1n) is 8.54. The van der Waals surface area contributed by atoms with Crippen molar-refractivity contribution in [3.05, 3.63) is 28.8 Å². The number of carbonyl (C=O) groups excluding carboxylic acids is 1. The molecular formula is C17H25N5O2S. The van der Waals surface area contributed by atoms with Crippen LogP contribution in [0.5, 0.6) is 5.88 Å². The summed E-state index contributed by atoms with van der Waals surface area (Å²) in [6.07, 6.45) is 0.807. The van der Waals surface area contributed by atoms with E-state index in [0.29, 0.717) is 12.4 Å². The van der Waals surface area contributed by atoms with E-state index in [-0.39, 0.29) is 6.03 Å². The molecule has 1 fully saturated rings. The van der Waals surface area contributed by atoms with Gasteiger partial charge in [0.05, 0.1) is 29.9 Å². The molecule has 2 amide bonds. The Morgan fingerprint density at radius 2 is 2.12 bits per heavy atom. The maximum Gasteiger partial charge on any atom is 0.317 e. The van der Waals surface area contributed by atoms with Crippen LogP contribution in [0.2, 0.25) is 0 Å². The van der Waals surface area contributed by atoms with E-state index in [1.807, 2.05) is 11.9 Å². The minimum Gasteiger partial charge on any atom is -0.481 e. The third-order valence-corrected chi connectivity index (χ3v) is 5.43. The summed E-state index contributed by atoms with van der Waals surface area (Å²) in [6, 6.07) is 4.16. The Bertz CT molecular complexity index is 705. The highest BCUT2D eigenvalue weighted by molar-refractivity contribution is 7.14. The average Bonchev–Trinajstić information content (AvgIpc) is 3.27. The van der Waals surface area contributed by atoms with Crippen molar-refractivity contribution in [1.82, 2.24) is 20.0 Å². The Kier molecular flexibility index (Phi) is 5.47. The van der Waals surface area contributed by atoms with Crippen molar-refractivity contribution in [2.24, 2.45) is 7.05 Å². The quantitative estimate of drug-likeness (QED) is 0.884. The molecule has 1 saturated heterocycles. The summed E-state index contributed by atoms with van der Waals surface area (Å²) >= 11 is 1.74. The number of piperazine rings is 1. The molecule has 136 valence electrons. The van der Waals surface area contributed by atoms with Gasteiger partial charge >= 0.3 is 6.03 Å². The summed E-state index contributed by atoms with van der Waals surface area (Å²) in [6.45, 7) is 5.68. The summed E-state index contributed by atoms with van der Waals surface area (Å²) in [7, 11) is 3.48. The fourth-order valence-electron chi connectivity index (χ4n) is 3.18. The van der Waals surface area contributed by atoms with Crippen molar-refractivity contribution in [3.8, 4) is 5.88 Å². The molecule has 0 atom stereocenters. The van der Waals surface area contributed by atoms with Crippen molar-refractivity contribution in [3.63, 3.8) is 0 Å². The molecule has 0 saturated carbocycles. The normalized spacial score (nSPS) is 14.7. The second-order valence-corrected chi connectivity index (χ2v) is 6.92. The van der Waals surface area contributed by atoms with Crippen LogP contribution >= 0.6 is 11.3 Å². The molecule has 2 aromatic rings. The number of nitrogens with zero attached hydrogens (tertiary/aromatic N) is 4. The summed E-state index contributed by atoms with van der Waals surface area (Å²) in [5.41, 5.74) is 1.92. The molecule has 1 N–H and O–H groups in total. The minimum absolute atomic E-state index is 0.0289. The molecule has 0 aromatic carbocycles. The zero-order valence-electron chi connectivity index (χ0n) is 15.0. The number of aromatic nitrogens is 2. The van der Waals surface area contributed by atoms with Crippen LogP contribution in [0.3, 0.4) is 0 Å². The Morgan fingerprint density at radius 1 is 1.36 bits per heavy atom. The molecule has 25 heavy (non-hydrogen) atoms. The number of methoxy groups -OCH3 is 1. The second-order valence-electron chi connectivity index (χ2n) is 6.00. The standard InChI is InChI=1S/C17H25N5O2S/c1-4-14-13(16(24-3)20(2)19-14)12-18-17(23)22-9-7-21(8-10-22)15-6-5-11-25-15/h5-6,11H,4,7-10,12H2,1-3H3,(H,18,23). The summed E-state index contributed by atoms with van der Waals surface area (Å²) in [5.74, 6) is 0.708. The SMILES string of the molecule is CCc1nn(C)c(OC)c1CNC(=O)N1CCN(c2cccs2)CC1.